The Kier molecular flexibility index (Phi) is 6.92. The van der Waals surface area contributed by atoms with Gasteiger partial charge in [-0.15, -0.1) is 0 Å². The van der Waals surface area contributed by atoms with E-state index in [9.17, 15) is 57.5 Å². The number of carbonyl (C=O) groups excluding carboxylic acids is 2. The van der Waals surface area contributed by atoms with Gasteiger partial charge >= 0.3 is 45.3 Å². The third-order valence-corrected chi connectivity index (χ3v) is 8.66. The normalized spacial score (nSPS) is 33.6. The lowest BCUT2D eigenvalue weighted by molar-refractivity contribution is -0.348. The zero-order chi connectivity index (χ0) is 29.5. The van der Waals surface area contributed by atoms with Gasteiger partial charge in [-0.25, -0.2) is 9.59 Å². The van der Waals surface area contributed by atoms with E-state index >= 15 is 0 Å². The van der Waals surface area contributed by atoms with Gasteiger partial charge in [0.25, 0.3) is 0 Å². The summed E-state index contributed by atoms with van der Waals surface area (Å²) in [5, 5.41) is -5.40. The van der Waals surface area contributed by atoms with Crippen LogP contribution in [0.3, 0.4) is 0 Å². The Morgan fingerprint density at radius 3 is 2.05 bits per heavy atom. The number of rotatable bonds is 7. The quantitative estimate of drug-likeness (QED) is 0.268. The van der Waals surface area contributed by atoms with E-state index in [1.807, 2.05) is 0 Å². The number of hydrogen-bond acceptors (Lipinski definition) is 8. The minimum Gasteiger partial charge on any atom is -0.458 e. The van der Waals surface area contributed by atoms with Gasteiger partial charge < -0.3 is 18.9 Å². The van der Waals surface area contributed by atoms with E-state index < -0.39 is 93.3 Å². The van der Waals surface area contributed by atoms with Crippen LogP contribution in [0.15, 0.2) is 0 Å². The van der Waals surface area contributed by atoms with Gasteiger partial charge in [0, 0.05) is 11.3 Å². The minimum atomic E-state index is -6.79. The number of esters is 2. The van der Waals surface area contributed by atoms with Gasteiger partial charge in [-0.3, -0.25) is 4.55 Å². The first-order valence-electron chi connectivity index (χ1n) is 10.7. The Morgan fingerprint density at radius 1 is 1.00 bits per heavy atom. The molecule has 5 atom stereocenters. The van der Waals surface area contributed by atoms with Crippen LogP contribution in [0.2, 0.25) is 0 Å². The van der Waals surface area contributed by atoms with E-state index in [-0.39, 0.29) is 12.8 Å². The highest BCUT2D eigenvalue weighted by Gasteiger charge is 2.80. The van der Waals surface area contributed by atoms with Crippen molar-refractivity contribution in [1.82, 2.24) is 0 Å². The lowest BCUT2D eigenvalue weighted by atomic mass is 9.68. The molecule has 1 spiro atoms. The smallest absolute Gasteiger partial charge is 0.458 e. The van der Waals surface area contributed by atoms with Gasteiger partial charge in [0.1, 0.15) is 12.7 Å². The third-order valence-electron chi connectivity index (χ3n) is 7.84. The molecule has 5 unspecified atom stereocenters. The van der Waals surface area contributed by atoms with Gasteiger partial charge in [-0.2, -0.15) is 47.9 Å². The Hall–Kier alpha value is -1.86. The van der Waals surface area contributed by atoms with Crippen molar-refractivity contribution in [2.75, 3.05) is 13.2 Å². The standard InChI is InChI=1S/C19H21F9O9S/c1-13(2)9-4-5-14(13,3)16(10(9)36-12(30)17(22,23)38(31,32)33)35-7-8(37-16)6-34-11(29)15(20,21)18(24,25)19(26,27)28/h8-10H,4-7H2,1-3H3,(H,31,32,33). The Labute approximate surface area is 208 Å². The number of ether oxygens (including phenoxy) is 4. The summed E-state index contributed by atoms with van der Waals surface area (Å²) in [6, 6.07) is 0. The van der Waals surface area contributed by atoms with Crippen LogP contribution < -0.4 is 0 Å². The second kappa shape index (κ2) is 8.57. The van der Waals surface area contributed by atoms with Crippen molar-refractivity contribution in [3.05, 3.63) is 0 Å². The molecule has 1 saturated heterocycles. The van der Waals surface area contributed by atoms with Crippen LogP contribution in [0.5, 0.6) is 0 Å². The minimum absolute atomic E-state index is 0.214. The maximum Gasteiger partial charge on any atom is 0.465 e. The molecule has 3 aliphatic rings. The lowest BCUT2D eigenvalue weighted by Gasteiger charge is -2.46. The average molecular weight is 596 g/mol. The van der Waals surface area contributed by atoms with E-state index in [4.69, 9.17) is 18.8 Å². The first-order chi connectivity index (χ1) is 16.8. The first kappa shape index (κ1) is 30.7. The zero-order valence-corrected chi connectivity index (χ0v) is 20.4. The van der Waals surface area contributed by atoms with Crippen molar-refractivity contribution in [2.24, 2.45) is 16.7 Å². The molecule has 38 heavy (non-hydrogen) atoms. The molecule has 19 heteroatoms. The van der Waals surface area contributed by atoms with E-state index in [2.05, 4.69) is 4.74 Å². The van der Waals surface area contributed by atoms with Crippen molar-refractivity contribution in [2.45, 2.75) is 74.9 Å². The fourth-order valence-electron chi connectivity index (χ4n) is 5.34. The molecule has 0 aromatic rings. The number of alkyl halides is 9. The maximum atomic E-state index is 13.9. The highest BCUT2D eigenvalue weighted by Crippen LogP contribution is 2.72. The van der Waals surface area contributed by atoms with Gasteiger partial charge in [-0.05, 0) is 18.3 Å². The highest BCUT2D eigenvalue weighted by atomic mass is 32.2. The molecule has 2 bridgehead atoms. The van der Waals surface area contributed by atoms with Crippen LogP contribution in [0, 0.1) is 16.7 Å². The van der Waals surface area contributed by atoms with Crippen LogP contribution in [-0.4, -0.2) is 79.4 Å². The van der Waals surface area contributed by atoms with Crippen molar-refractivity contribution in [3.8, 4) is 0 Å². The summed E-state index contributed by atoms with van der Waals surface area (Å²) in [6.45, 7) is 2.64. The molecule has 3 rings (SSSR count). The number of hydrogen-bond donors (Lipinski definition) is 1. The zero-order valence-electron chi connectivity index (χ0n) is 19.6. The summed E-state index contributed by atoms with van der Waals surface area (Å²) in [7, 11) is -6.26. The van der Waals surface area contributed by atoms with Crippen molar-refractivity contribution >= 4 is 22.1 Å². The number of fused-ring (bicyclic) bond motifs is 3. The van der Waals surface area contributed by atoms with E-state index in [0.29, 0.717) is 0 Å². The highest BCUT2D eigenvalue weighted by molar-refractivity contribution is 7.87. The van der Waals surface area contributed by atoms with Crippen LogP contribution in [-0.2, 0) is 38.7 Å². The summed E-state index contributed by atoms with van der Waals surface area (Å²) in [5.41, 5.74) is -2.16. The molecule has 0 aromatic carbocycles. The van der Waals surface area contributed by atoms with Gasteiger partial charge in [0.15, 0.2) is 6.10 Å². The Balaban J connectivity index is 1.84. The summed E-state index contributed by atoms with van der Waals surface area (Å²) in [5.74, 6) is -22.0. The molecule has 3 fully saturated rings. The van der Waals surface area contributed by atoms with Crippen molar-refractivity contribution in [1.29, 1.82) is 0 Å². The maximum absolute atomic E-state index is 13.9. The summed E-state index contributed by atoms with van der Waals surface area (Å²) >= 11 is 0. The number of halogens is 9. The first-order valence-corrected chi connectivity index (χ1v) is 12.1. The van der Waals surface area contributed by atoms with Crippen LogP contribution >= 0.6 is 0 Å². The molecule has 0 radical (unpaired) electrons. The van der Waals surface area contributed by atoms with Crippen molar-refractivity contribution in [3.63, 3.8) is 0 Å². The molecule has 220 valence electrons. The number of carbonyl (C=O) groups is 2. The average Bonchev–Trinajstić information content (AvgIpc) is 3.31. The summed E-state index contributed by atoms with van der Waals surface area (Å²) < 4.78 is 168. The molecule has 1 heterocycles. The molecular weight excluding hydrogens is 575 g/mol. The molecule has 0 aromatic heterocycles. The molecule has 9 nitrogen and oxygen atoms in total. The lowest BCUT2D eigenvalue weighted by Crippen LogP contribution is -2.58. The van der Waals surface area contributed by atoms with Crippen LogP contribution in [0.25, 0.3) is 0 Å². The molecule has 2 saturated carbocycles. The monoisotopic (exact) mass is 596 g/mol. The fourth-order valence-corrected chi connectivity index (χ4v) is 5.59. The second-order valence-corrected chi connectivity index (χ2v) is 11.4. The van der Waals surface area contributed by atoms with E-state index in [0.717, 1.165) is 0 Å². The van der Waals surface area contributed by atoms with E-state index in [1.165, 1.54) is 6.92 Å². The van der Waals surface area contributed by atoms with Crippen LogP contribution in [0.4, 0.5) is 39.5 Å². The third kappa shape index (κ3) is 3.97. The topological polar surface area (TPSA) is 125 Å². The fraction of sp³-hybridized carbons (Fsp3) is 0.895. The molecular formula is C19H21F9O9S. The predicted octanol–water partition coefficient (Wildman–Crippen LogP) is 3.32. The molecule has 0 amide bonds. The molecule has 1 aliphatic heterocycles. The Morgan fingerprint density at radius 2 is 1.55 bits per heavy atom. The second-order valence-electron chi connectivity index (χ2n) is 9.98. The predicted molar refractivity (Wildman–Crippen MR) is 101 cm³/mol. The van der Waals surface area contributed by atoms with Crippen molar-refractivity contribution < 1.29 is 81.0 Å². The largest absolute Gasteiger partial charge is 0.465 e. The summed E-state index contributed by atoms with van der Waals surface area (Å²) in [6.07, 6.45) is -9.77. The summed E-state index contributed by atoms with van der Waals surface area (Å²) in [4.78, 5) is 23.5. The van der Waals surface area contributed by atoms with Gasteiger partial charge in [-0.1, -0.05) is 20.8 Å². The SMILES string of the molecule is CC1(C)C2CCC1(C)C1(OCC(COC(=O)C(F)(F)C(F)(F)C(F)(F)F)O1)C2OC(=O)C(F)(F)S(=O)(=O)O. The molecule has 2 aliphatic carbocycles. The molecule has 1 N–H and O–H groups in total. The van der Waals surface area contributed by atoms with E-state index in [1.54, 1.807) is 13.8 Å². The van der Waals surface area contributed by atoms with Gasteiger partial charge in [0.05, 0.1) is 6.61 Å². The Bertz CT molecular complexity index is 1110. The van der Waals surface area contributed by atoms with Gasteiger partial charge in [0.2, 0.25) is 5.79 Å². The van der Waals surface area contributed by atoms with Crippen LogP contribution in [0.1, 0.15) is 33.6 Å².